The number of ketones is 1. The van der Waals surface area contributed by atoms with Gasteiger partial charge in [-0.2, -0.15) is 0 Å². The van der Waals surface area contributed by atoms with Crippen molar-refractivity contribution >= 4 is 5.78 Å². The number of carbonyl (C=O) groups is 1. The molecule has 0 heterocycles. The third-order valence-corrected chi connectivity index (χ3v) is 4.20. The van der Waals surface area contributed by atoms with Gasteiger partial charge in [0.2, 0.25) is 0 Å². The van der Waals surface area contributed by atoms with Crippen LogP contribution in [0.2, 0.25) is 0 Å². The van der Waals surface area contributed by atoms with Crippen LogP contribution >= 0.6 is 0 Å². The fourth-order valence-electron chi connectivity index (χ4n) is 2.75. The normalized spacial score (nSPS) is 28.5. The Labute approximate surface area is 105 Å². The molecule has 0 aromatic heterocycles. The minimum atomic E-state index is -0.373. The Balaban J connectivity index is 2.65. The van der Waals surface area contributed by atoms with Crippen LogP contribution in [0.4, 0.5) is 0 Å². The molecule has 2 atom stereocenters. The second kappa shape index (κ2) is 5.34. The van der Waals surface area contributed by atoms with E-state index in [1.165, 1.54) is 0 Å². The number of rotatable bonds is 4. The molecule has 0 aromatic carbocycles. The van der Waals surface area contributed by atoms with E-state index in [1.54, 1.807) is 0 Å². The maximum absolute atomic E-state index is 11.7. The van der Waals surface area contributed by atoms with Crippen LogP contribution in [0.3, 0.4) is 0 Å². The average Bonchev–Trinajstić information content (AvgIpc) is 2.23. The number of hydrogen-bond acceptors (Lipinski definition) is 2. The van der Waals surface area contributed by atoms with Gasteiger partial charge in [0, 0.05) is 12.3 Å². The molecular weight excluding hydrogens is 212 g/mol. The third-order valence-electron chi connectivity index (χ3n) is 4.20. The minimum absolute atomic E-state index is 0.111. The summed E-state index contributed by atoms with van der Waals surface area (Å²) in [5, 5.41) is 9.87. The summed E-state index contributed by atoms with van der Waals surface area (Å²) in [7, 11) is 0. The molecule has 0 spiro atoms. The van der Waals surface area contributed by atoms with E-state index in [0.717, 1.165) is 24.8 Å². The summed E-state index contributed by atoms with van der Waals surface area (Å²) in [6.45, 7) is 12.4. The molecule has 1 fully saturated rings. The van der Waals surface area contributed by atoms with E-state index in [4.69, 9.17) is 0 Å². The minimum Gasteiger partial charge on any atom is -0.389 e. The van der Waals surface area contributed by atoms with E-state index in [9.17, 15) is 9.90 Å². The van der Waals surface area contributed by atoms with Crippen LogP contribution < -0.4 is 0 Å². The van der Waals surface area contributed by atoms with Crippen molar-refractivity contribution in [3.63, 3.8) is 0 Å². The highest BCUT2D eigenvalue weighted by Crippen LogP contribution is 2.45. The third kappa shape index (κ3) is 3.41. The van der Waals surface area contributed by atoms with Gasteiger partial charge < -0.3 is 5.11 Å². The summed E-state index contributed by atoms with van der Waals surface area (Å²) in [6, 6.07) is 0. The van der Waals surface area contributed by atoms with Gasteiger partial charge in [0.15, 0.2) is 0 Å². The molecule has 0 amide bonds. The molecule has 0 saturated heterocycles. The van der Waals surface area contributed by atoms with Crippen molar-refractivity contribution in [1.29, 1.82) is 0 Å². The number of Topliss-reactive ketones (excluding diaryl/α,β-unsaturated/α-hetero) is 1. The van der Waals surface area contributed by atoms with E-state index in [0.29, 0.717) is 12.2 Å². The first kappa shape index (κ1) is 14.4. The number of aliphatic hydroxyl groups is 1. The van der Waals surface area contributed by atoms with Gasteiger partial charge in [-0.1, -0.05) is 34.3 Å². The first-order valence-corrected chi connectivity index (χ1v) is 6.65. The topological polar surface area (TPSA) is 37.3 Å². The van der Waals surface area contributed by atoms with Crippen LogP contribution in [0.15, 0.2) is 12.2 Å². The van der Waals surface area contributed by atoms with Crippen LogP contribution in [0, 0.1) is 17.3 Å². The Morgan fingerprint density at radius 2 is 2.12 bits per heavy atom. The molecule has 17 heavy (non-hydrogen) atoms. The Hall–Kier alpha value is -0.630. The van der Waals surface area contributed by atoms with Gasteiger partial charge in [-0.25, -0.2) is 0 Å². The molecule has 0 bridgehead atoms. The highest BCUT2D eigenvalue weighted by molar-refractivity contribution is 5.80. The molecule has 0 aliphatic heterocycles. The molecule has 2 heteroatoms. The van der Waals surface area contributed by atoms with Gasteiger partial charge in [-0.05, 0) is 36.2 Å². The van der Waals surface area contributed by atoms with Crippen molar-refractivity contribution < 1.29 is 9.90 Å². The lowest BCUT2D eigenvalue weighted by Gasteiger charge is -2.42. The second-order valence-electron chi connectivity index (χ2n) is 6.33. The molecule has 1 N–H and O–H groups in total. The van der Waals surface area contributed by atoms with Crippen LogP contribution in [0.1, 0.15) is 53.4 Å². The Kier molecular flexibility index (Phi) is 4.54. The zero-order valence-corrected chi connectivity index (χ0v) is 11.6. The largest absolute Gasteiger partial charge is 0.389 e. The molecule has 1 rings (SSSR count). The fraction of sp³-hybridized carbons (Fsp3) is 0.800. The van der Waals surface area contributed by atoms with Gasteiger partial charge in [0.1, 0.15) is 5.78 Å². The molecular formula is C15H26O2. The molecule has 0 aromatic rings. The predicted molar refractivity (Wildman–Crippen MR) is 70.7 cm³/mol. The molecule has 2 nitrogen and oxygen atoms in total. The van der Waals surface area contributed by atoms with E-state index in [-0.39, 0.29) is 23.4 Å². The lowest BCUT2D eigenvalue weighted by atomic mass is 9.64. The maximum Gasteiger partial charge on any atom is 0.135 e. The molecule has 2 unspecified atom stereocenters. The first-order valence-electron chi connectivity index (χ1n) is 6.65. The summed E-state index contributed by atoms with van der Waals surface area (Å²) >= 11 is 0. The highest BCUT2D eigenvalue weighted by Gasteiger charge is 2.38. The standard InChI is InChI=1S/C15H26O2/c1-10(2)13(16)7-6-12-11(3)14(17)8-9-15(12,4)5/h10,12,14,17H,3,6-9H2,1-2,4-5H3. The Morgan fingerprint density at radius 3 is 2.65 bits per heavy atom. The fourth-order valence-corrected chi connectivity index (χ4v) is 2.75. The quantitative estimate of drug-likeness (QED) is 0.763. The molecule has 1 aliphatic carbocycles. The van der Waals surface area contributed by atoms with Crippen LogP contribution in [0.5, 0.6) is 0 Å². The van der Waals surface area contributed by atoms with Crippen LogP contribution in [-0.2, 0) is 4.79 Å². The summed E-state index contributed by atoms with van der Waals surface area (Å²) in [5.41, 5.74) is 1.09. The van der Waals surface area contributed by atoms with Gasteiger partial charge in [-0.3, -0.25) is 4.79 Å². The average molecular weight is 238 g/mol. The van der Waals surface area contributed by atoms with E-state index < -0.39 is 0 Å². The van der Waals surface area contributed by atoms with Gasteiger partial charge in [-0.15, -0.1) is 0 Å². The van der Waals surface area contributed by atoms with E-state index in [2.05, 4.69) is 20.4 Å². The summed E-state index contributed by atoms with van der Waals surface area (Å²) in [5.74, 6) is 0.697. The van der Waals surface area contributed by atoms with Crippen molar-refractivity contribution in [3.05, 3.63) is 12.2 Å². The molecule has 0 radical (unpaired) electrons. The second-order valence-corrected chi connectivity index (χ2v) is 6.33. The van der Waals surface area contributed by atoms with Crippen LogP contribution in [-0.4, -0.2) is 17.0 Å². The maximum atomic E-state index is 11.7. The summed E-state index contributed by atoms with van der Waals surface area (Å²) < 4.78 is 0. The van der Waals surface area contributed by atoms with Crippen molar-refractivity contribution in [3.8, 4) is 0 Å². The number of aliphatic hydroxyl groups excluding tert-OH is 1. The molecule has 1 aliphatic rings. The molecule has 98 valence electrons. The zero-order chi connectivity index (χ0) is 13.2. The van der Waals surface area contributed by atoms with E-state index >= 15 is 0 Å². The Bertz CT molecular complexity index is 302. The Morgan fingerprint density at radius 1 is 1.53 bits per heavy atom. The summed E-state index contributed by atoms with van der Waals surface area (Å²) in [4.78, 5) is 11.7. The molecule has 1 saturated carbocycles. The lowest BCUT2D eigenvalue weighted by Crippen LogP contribution is -2.36. The lowest BCUT2D eigenvalue weighted by molar-refractivity contribution is -0.122. The van der Waals surface area contributed by atoms with Crippen molar-refractivity contribution in [1.82, 2.24) is 0 Å². The van der Waals surface area contributed by atoms with Crippen molar-refractivity contribution in [2.75, 3.05) is 0 Å². The first-order chi connectivity index (χ1) is 7.75. The SMILES string of the molecule is C=C1C(O)CCC(C)(C)C1CCC(=O)C(C)C. The van der Waals surface area contributed by atoms with Crippen LogP contribution in [0.25, 0.3) is 0 Å². The predicted octanol–water partition coefficient (Wildman–Crippen LogP) is 3.35. The summed E-state index contributed by atoms with van der Waals surface area (Å²) in [6.07, 6.45) is 2.88. The number of carbonyl (C=O) groups excluding carboxylic acids is 1. The number of hydrogen-bond donors (Lipinski definition) is 1. The van der Waals surface area contributed by atoms with Crippen molar-refractivity contribution in [2.45, 2.75) is 59.5 Å². The monoisotopic (exact) mass is 238 g/mol. The van der Waals surface area contributed by atoms with Gasteiger partial charge in [0.05, 0.1) is 6.10 Å². The van der Waals surface area contributed by atoms with Gasteiger partial charge in [0.25, 0.3) is 0 Å². The smallest absolute Gasteiger partial charge is 0.135 e. The highest BCUT2D eigenvalue weighted by atomic mass is 16.3. The van der Waals surface area contributed by atoms with Gasteiger partial charge >= 0.3 is 0 Å². The van der Waals surface area contributed by atoms with E-state index in [1.807, 2.05) is 13.8 Å². The zero-order valence-electron chi connectivity index (χ0n) is 11.6. The van der Waals surface area contributed by atoms with Crippen molar-refractivity contribution in [2.24, 2.45) is 17.3 Å².